The van der Waals surface area contributed by atoms with Gasteiger partial charge < -0.3 is 24.4 Å². The second-order valence-corrected chi connectivity index (χ2v) is 21.5. The Morgan fingerprint density at radius 3 is 1.52 bits per heavy atom. The SMILES string of the molecule is CC1CC(O)CC(C)(C)C1.CCOC(=O)C1CCN(Cc2ccc3cc(O)ccc3c2)CC1.CCOC(=O)C1CCN(Cc2ccc3cc(OC4CC(C)CC(C)(C)C4)ccc3c2)CC1. The molecule has 356 valence electrons. The fourth-order valence-electron chi connectivity index (χ4n) is 11.4. The largest absolute Gasteiger partial charge is 0.508 e. The lowest BCUT2D eigenvalue weighted by Crippen LogP contribution is -2.36. The molecule has 0 aromatic heterocycles. The molecule has 4 unspecified atom stereocenters. The van der Waals surface area contributed by atoms with E-state index in [-0.39, 0.29) is 29.9 Å². The number of piperidine rings is 2. The number of aliphatic hydroxyl groups excluding tert-OH is 1. The number of esters is 2. The Hall–Kier alpha value is -4.18. The predicted molar refractivity (Wildman–Crippen MR) is 263 cm³/mol. The van der Waals surface area contributed by atoms with Crippen molar-refractivity contribution in [3.05, 3.63) is 83.9 Å². The van der Waals surface area contributed by atoms with Crippen LogP contribution >= 0.6 is 0 Å². The molecular formula is C56H80N2O7. The van der Waals surface area contributed by atoms with E-state index >= 15 is 0 Å². The van der Waals surface area contributed by atoms with Gasteiger partial charge in [0.1, 0.15) is 11.5 Å². The van der Waals surface area contributed by atoms with Crippen molar-refractivity contribution >= 4 is 33.5 Å². The van der Waals surface area contributed by atoms with Gasteiger partial charge in [-0.15, -0.1) is 0 Å². The van der Waals surface area contributed by atoms with E-state index in [4.69, 9.17) is 14.2 Å². The first-order valence-corrected chi connectivity index (χ1v) is 24.8. The Labute approximate surface area is 390 Å². The molecule has 4 fully saturated rings. The van der Waals surface area contributed by atoms with Gasteiger partial charge in [0.05, 0.1) is 37.3 Å². The molecule has 4 aromatic carbocycles. The van der Waals surface area contributed by atoms with E-state index in [2.05, 4.69) is 106 Å². The fourth-order valence-corrected chi connectivity index (χ4v) is 11.4. The van der Waals surface area contributed by atoms with Crippen molar-refractivity contribution < 1.29 is 34.0 Å². The van der Waals surface area contributed by atoms with Gasteiger partial charge in [0, 0.05) is 13.1 Å². The minimum Gasteiger partial charge on any atom is -0.508 e. The Balaban J connectivity index is 0.000000184. The lowest BCUT2D eigenvalue weighted by molar-refractivity contribution is -0.150. The van der Waals surface area contributed by atoms with E-state index < -0.39 is 0 Å². The zero-order chi connectivity index (χ0) is 46.7. The minimum absolute atomic E-state index is 0.0258. The summed E-state index contributed by atoms with van der Waals surface area (Å²) in [4.78, 5) is 28.6. The Kier molecular flexibility index (Phi) is 17.8. The molecule has 4 aromatic rings. The van der Waals surface area contributed by atoms with Crippen LogP contribution < -0.4 is 4.74 Å². The number of benzene rings is 4. The van der Waals surface area contributed by atoms with Gasteiger partial charge >= 0.3 is 11.9 Å². The van der Waals surface area contributed by atoms with Gasteiger partial charge in [-0.3, -0.25) is 19.4 Å². The van der Waals surface area contributed by atoms with Crippen molar-refractivity contribution in [2.75, 3.05) is 39.4 Å². The standard InChI is InChI=1S/C28H39NO3.C19H23NO3.C9H18O/c1-5-31-27(30)22-10-12-29(13-11-22)19-21-6-7-24-16-25(9-8-23(24)15-21)32-26-14-20(2)17-28(3,4)18-26;1-2-23-19(22)15-7-9-20(10-8-15)13-14-3-4-17-12-18(21)6-5-16(17)11-14;1-7-4-8(10)6-9(2,3)5-7/h6-9,15-16,20,22,26H,5,10-14,17-19H2,1-4H3;3-6,11-12,15,21H,2,7-10,13H2,1H3;7-8,10H,4-6H2,1-3H3. The van der Waals surface area contributed by atoms with E-state index in [0.717, 1.165) is 107 Å². The van der Waals surface area contributed by atoms with Crippen molar-refractivity contribution in [3.8, 4) is 11.5 Å². The molecule has 2 heterocycles. The Morgan fingerprint density at radius 2 is 1.05 bits per heavy atom. The van der Waals surface area contributed by atoms with Crippen LogP contribution in [0.4, 0.5) is 0 Å². The number of phenolic OH excluding ortho intramolecular Hbond substituents is 1. The number of hydrogen-bond acceptors (Lipinski definition) is 9. The van der Waals surface area contributed by atoms with Crippen LogP contribution in [0.1, 0.15) is 131 Å². The maximum Gasteiger partial charge on any atom is 0.309 e. The smallest absolute Gasteiger partial charge is 0.309 e. The highest BCUT2D eigenvalue weighted by Gasteiger charge is 2.34. The van der Waals surface area contributed by atoms with Crippen LogP contribution in [-0.2, 0) is 32.2 Å². The second-order valence-electron chi connectivity index (χ2n) is 21.5. The summed E-state index contributed by atoms with van der Waals surface area (Å²) in [5.74, 6) is 2.77. The van der Waals surface area contributed by atoms with Gasteiger partial charge in [0.2, 0.25) is 0 Å². The second kappa shape index (κ2) is 23.0. The summed E-state index contributed by atoms with van der Waals surface area (Å²) >= 11 is 0. The van der Waals surface area contributed by atoms with Gasteiger partial charge in [0.15, 0.2) is 0 Å². The zero-order valence-corrected chi connectivity index (χ0v) is 41.0. The summed E-state index contributed by atoms with van der Waals surface area (Å²) < 4.78 is 16.7. The highest BCUT2D eigenvalue weighted by atomic mass is 16.5. The first-order chi connectivity index (χ1) is 31.0. The lowest BCUT2D eigenvalue weighted by atomic mass is 9.71. The van der Waals surface area contributed by atoms with E-state index in [9.17, 15) is 19.8 Å². The van der Waals surface area contributed by atoms with Crippen molar-refractivity contribution in [1.29, 1.82) is 0 Å². The number of aromatic hydroxyl groups is 1. The Bertz CT molecular complexity index is 2140. The number of carbonyl (C=O) groups excluding carboxylic acids is 2. The summed E-state index contributed by atoms with van der Waals surface area (Å²) in [6.45, 7) is 24.0. The van der Waals surface area contributed by atoms with E-state index in [1.807, 2.05) is 19.9 Å². The first kappa shape index (κ1) is 50.2. The molecule has 0 amide bonds. The number of hydrogen-bond donors (Lipinski definition) is 2. The number of phenols is 1. The average Bonchev–Trinajstić information content (AvgIpc) is 3.23. The minimum atomic E-state index is -0.0438. The van der Waals surface area contributed by atoms with Crippen LogP contribution in [0.2, 0.25) is 0 Å². The number of likely N-dealkylation sites (tertiary alicyclic amines) is 2. The van der Waals surface area contributed by atoms with Crippen LogP contribution in [0, 0.1) is 34.5 Å². The monoisotopic (exact) mass is 893 g/mol. The molecule has 0 bridgehead atoms. The summed E-state index contributed by atoms with van der Waals surface area (Å²) in [7, 11) is 0. The van der Waals surface area contributed by atoms with E-state index in [0.29, 0.717) is 47.7 Å². The van der Waals surface area contributed by atoms with Crippen LogP contribution in [-0.4, -0.2) is 83.6 Å². The molecule has 2 saturated heterocycles. The zero-order valence-electron chi connectivity index (χ0n) is 41.0. The number of rotatable bonds is 10. The number of carbonyl (C=O) groups is 2. The highest BCUT2D eigenvalue weighted by molar-refractivity contribution is 5.85. The van der Waals surface area contributed by atoms with Gasteiger partial charge in [-0.05, 0) is 196 Å². The third-order valence-electron chi connectivity index (χ3n) is 14.0. The van der Waals surface area contributed by atoms with Crippen LogP contribution in [0.3, 0.4) is 0 Å². The molecule has 0 radical (unpaired) electrons. The molecule has 9 nitrogen and oxygen atoms in total. The van der Waals surface area contributed by atoms with Crippen LogP contribution in [0.15, 0.2) is 72.8 Å². The Morgan fingerprint density at radius 1 is 0.600 bits per heavy atom. The van der Waals surface area contributed by atoms with E-state index in [1.54, 1.807) is 12.1 Å². The van der Waals surface area contributed by atoms with Crippen molar-refractivity contribution in [2.45, 2.75) is 145 Å². The molecule has 9 heteroatoms. The van der Waals surface area contributed by atoms with Gasteiger partial charge in [-0.1, -0.05) is 77.9 Å². The summed E-state index contributed by atoms with van der Waals surface area (Å²) in [5.41, 5.74) is 3.32. The van der Waals surface area contributed by atoms with Gasteiger partial charge in [-0.2, -0.15) is 0 Å². The third kappa shape index (κ3) is 15.4. The summed E-state index contributed by atoms with van der Waals surface area (Å²) in [5, 5.41) is 23.6. The molecule has 65 heavy (non-hydrogen) atoms. The molecule has 2 aliphatic heterocycles. The predicted octanol–water partition coefficient (Wildman–Crippen LogP) is 11.7. The maximum absolute atomic E-state index is 12.0. The third-order valence-corrected chi connectivity index (χ3v) is 14.0. The van der Waals surface area contributed by atoms with Gasteiger partial charge in [-0.25, -0.2) is 0 Å². The molecule has 4 atom stereocenters. The van der Waals surface area contributed by atoms with Crippen LogP contribution in [0.25, 0.3) is 21.5 Å². The normalized spacial score (nSPS) is 24.0. The molecule has 2 aliphatic carbocycles. The molecule has 8 rings (SSSR count). The molecule has 2 saturated carbocycles. The highest BCUT2D eigenvalue weighted by Crippen LogP contribution is 2.41. The number of nitrogens with zero attached hydrogens (tertiary/aromatic N) is 2. The molecule has 4 aliphatic rings. The van der Waals surface area contributed by atoms with Crippen molar-refractivity contribution in [2.24, 2.45) is 34.5 Å². The topological polar surface area (TPSA) is 109 Å². The summed E-state index contributed by atoms with van der Waals surface area (Å²) in [6, 6.07) is 25.0. The number of aliphatic hydroxyl groups is 1. The summed E-state index contributed by atoms with van der Waals surface area (Å²) in [6.07, 6.45) is 10.6. The average molecular weight is 893 g/mol. The molecular weight excluding hydrogens is 813 g/mol. The number of fused-ring (bicyclic) bond motifs is 2. The maximum atomic E-state index is 12.0. The van der Waals surface area contributed by atoms with E-state index in [1.165, 1.54) is 34.7 Å². The lowest BCUT2D eigenvalue weighted by Gasteiger charge is -2.38. The van der Waals surface area contributed by atoms with Crippen molar-refractivity contribution in [3.63, 3.8) is 0 Å². The van der Waals surface area contributed by atoms with Crippen molar-refractivity contribution in [1.82, 2.24) is 9.80 Å². The number of ether oxygens (including phenoxy) is 3. The first-order valence-electron chi connectivity index (χ1n) is 24.8. The quantitative estimate of drug-likeness (QED) is 0.150. The fraction of sp³-hybridized carbons (Fsp3) is 0.607. The van der Waals surface area contributed by atoms with Crippen LogP contribution in [0.5, 0.6) is 11.5 Å². The molecule has 2 N–H and O–H groups in total. The molecule has 0 spiro atoms. The van der Waals surface area contributed by atoms with Gasteiger partial charge in [0.25, 0.3) is 0 Å².